The lowest BCUT2D eigenvalue weighted by Gasteiger charge is -2.31. The molecule has 0 saturated carbocycles. The number of nitrogens with zero attached hydrogens (tertiary/aromatic N) is 2. The molecule has 1 fully saturated rings. The summed E-state index contributed by atoms with van der Waals surface area (Å²) >= 11 is 0. The fourth-order valence-electron chi connectivity index (χ4n) is 3.76. The molecule has 1 aromatic carbocycles. The van der Waals surface area contributed by atoms with Crippen molar-refractivity contribution >= 4 is 11.6 Å². The predicted octanol–water partition coefficient (Wildman–Crippen LogP) is 4.14. The SMILES string of the molecule is Cc1cc(CN2CCCC(C(=O)Nc3ccc(-c4ccn[nH]4)cc3)C2)oc1C. The van der Waals surface area contributed by atoms with Crippen LogP contribution in [0.2, 0.25) is 0 Å². The Hall–Kier alpha value is -2.86. The lowest BCUT2D eigenvalue weighted by molar-refractivity contribution is -0.121. The van der Waals surface area contributed by atoms with Crippen LogP contribution in [0.5, 0.6) is 0 Å². The third-order valence-corrected chi connectivity index (χ3v) is 5.44. The maximum Gasteiger partial charge on any atom is 0.228 e. The highest BCUT2D eigenvalue weighted by molar-refractivity contribution is 5.93. The molecule has 1 aliphatic rings. The van der Waals surface area contributed by atoms with Gasteiger partial charge in [-0.05, 0) is 68.6 Å². The number of H-pyrrole nitrogens is 1. The summed E-state index contributed by atoms with van der Waals surface area (Å²) in [6.45, 7) is 6.57. The average molecular weight is 378 g/mol. The standard InChI is InChI=1S/C22H26N4O2/c1-15-12-20(28-16(15)2)14-26-11-3-4-18(13-26)22(27)24-19-7-5-17(6-8-19)21-9-10-23-25-21/h5-10,12,18H,3-4,11,13-14H2,1-2H3,(H,23,25)(H,24,27). The molecule has 1 saturated heterocycles. The molecule has 4 rings (SSSR count). The molecule has 6 heteroatoms. The van der Waals surface area contributed by atoms with E-state index in [0.29, 0.717) is 0 Å². The van der Waals surface area contributed by atoms with Crippen molar-refractivity contribution in [3.8, 4) is 11.3 Å². The number of furan rings is 1. The lowest BCUT2D eigenvalue weighted by Crippen LogP contribution is -2.40. The zero-order valence-electron chi connectivity index (χ0n) is 16.4. The van der Waals surface area contributed by atoms with Gasteiger partial charge in [-0.2, -0.15) is 5.10 Å². The van der Waals surface area contributed by atoms with Crippen LogP contribution in [0.1, 0.15) is 29.9 Å². The van der Waals surface area contributed by atoms with Crippen molar-refractivity contribution in [1.82, 2.24) is 15.1 Å². The van der Waals surface area contributed by atoms with Crippen LogP contribution in [0.4, 0.5) is 5.69 Å². The molecule has 146 valence electrons. The van der Waals surface area contributed by atoms with E-state index in [1.54, 1.807) is 6.20 Å². The minimum Gasteiger partial charge on any atom is -0.465 e. The molecule has 0 spiro atoms. The average Bonchev–Trinajstić information content (AvgIpc) is 3.33. The molecule has 2 aromatic heterocycles. The van der Waals surface area contributed by atoms with Gasteiger partial charge in [0.15, 0.2) is 0 Å². The molecule has 2 N–H and O–H groups in total. The zero-order valence-corrected chi connectivity index (χ0v) is 16.4. The molecule has 1 aliphatic heterocycles. The molecule has 0 radical (unpaired) electrons. The number of likely N-dealkylation sites (tertiary alicyclic amines) is 1. The summed E-state index contributed by atoms with van der Waals surface area (Å²) in [6, 6.07) is 11.9. The third kappa shape index (κ3) is 4.17. The van der Waals surface area contributed by atoms with Crippen molar-refractivity contribution in [1.29, 1.82) is 0 Å². The number of piperidine rings is 1. The summed E-state index contributed by atoms with van der Waals surface area (Å²) in [5.41, 5.74) is 4.01. The Balaban J connectivity index is 1.35. The molecule has 1 unspecified atom stereocenters. The van der Waals surface area contributed by atoms with Gasteiger partial charge in [0.25, 0.3) is 0 Å². The molecule has 28 heavy (non-hydrogen) atoms. The second-order valence-corrected chi connectivity index (χ2v) is 7.56. The molecule has 0 bridgehead atoms. The Bertz CT molecular complexity index is 909. The smallest absolute Gasteiger partial charge is 0.228 e. The predicted molar refractivity (Wildman–Crippen MR) is 109 cm³/mol. The molecule has 6 nitrogen and oxygen atoms in total. The van der Waals surface area contributed by atoms with E-state index in [1.165, 1.54) is 5.56 Å². The number of hydrogen-bond acceptors (Lipinski definition) is 4. The number of anilines is 1. The van der Waals surface area contributed by atoms with Crippen LogP contribution >= 0.6 is 0 Å². The molecule has 3 heterocycles. The summed E-state index contributed by atoms with van der Waals surface area (Å²) in [6.07, 6.45) is 3.67. The largest absolute Gasteiger partial charge is 0.465 e. The highest BCUT2D eigenvalue weighted by Gasteiger charge is 2.26. The fourth-order valence-corrected chi connectivity index (χ4v) is 3.76. The van der Waals surface area contributed by atoms with Gasteiger partial charge in [-0.15, -0.1) is 0 Å². The summed E-state index contributed by atoms with van der Waals surface area (Å²) < 4.78 is 5.80. The van der Waals surface area contributed by atoms with Gasteiger partial charge in [-0.3, -0.25) is 14.8 Å². The maximum absolute atomic E-state index is 12.8. The minimum absolute atomic E-state index is 0.00168. The van der Waals surface area contributed by atoms with E-state index in [1.807, 2.05) is 37.3 Å². The van der Waals surface area contributed by atoms with Crippen LogP contribution in [0.15, 0.2) is 47.0 Å². The van der Waals surface area contributed by atoms with E-state index in [2.05, 4.69) is 33.4 Å². The first-order chi connectivity index (χ1) is 13.6. The number of carbonyl (C=O) groups is 1. The Morgan fingerprint density at radius 3 is 2.79 bits per heavy atom. The molecule has 1 atom stereocenters. The second-order valence-electron chi connectivity index (χ2n) is 7.56. The second kappa shape index (κ2) is 8.02. The van der Waals surface area contributed by atoms with Crippen molar-refractivity contribution < 1.29 is 9.21 Å². The summed E-state index contributed by atoms with van der Waals surface area (Å²) in [7, 11) is 0. The number of aromatic nitrogens is 2. The van der Waals surface area contributed by atoms with Crippen LogP contribution < -0.4 is 5.32 Å². The van der Waals surface area contributed by atoms with E-state index in [-0.39, 0.29) is 11.8 Å². The third-order valence-electron chi connectivity index (χ3n) is 5.44. The van der Waals surface area contributed by atoms with Gasteiger partial charge in [0.1, 0.15) is 11.5 Å². The van der Waals surface area contributed by atoms with Gasteiger partial charge < -0.3 is 9.73 Å². The van der Waals surface area contributed by atoms with Crippen LogP contribution in [0, 0.1) is 19.8 Å². The van der Waals surface area contributed by atoms with Crippen LogP contribution in [-0.2, 0) is 11.3 Å². The van der Waals surface area contributed by atoms with Crippen LogP contribution in [0.25, 0.3) is 11.3 Å². The summed E-state index contributed by atoms with van der Waals surface area (Å²) in [5.74, 6) is 2.04. The number of amides is 1. The zero-order chi connectivity index (χ0) is 19.5. The van der Waals surface area contributed by atoms with E-state index in [9.17, 15) is 4.79 Å². The van der Waals surface area contributed by atoms with E-state index in [0.717, 1.165) is 60.9 Å². The highest BCUT2D eigenvalue weighted by Crippen LogP contribution is 2.23. The van der Waals surface area contributed by atoms with E-state index in [4.69, 9.17) is 4.42 Å². The Kier molecular flexibility index (Phi) is 5.30. The number of nitrogens with one attached hydrogen (secondary N) is 2. The monoisotopic (exact) mass is 378 g/mol. The Morgan fingerprint density at radius 1 is 1.29 bits per heavy atom. The first kappa shape index (κ1) is 18.5. The van der Waals surface area contributed by atoms with Gasteiger partial charge in [0.2, 0.25) is 5.91 Å². The van der Waals surface area contributed by atoms with E-state index < -0.39 is 0 Å². The molecule has 1 amide bonds. The van der Waals surface area contributed by atoms with Crippen LogP contribution in [0.3, 0.4) is 0 Å². The molecular weight excluding hydrogens is 352 g/mol. The topological polar surface area (TPSA) is 74.2 Å². The summed E-state index contributed by atoms with van der Waals surface area (Å²) in [5, 5.41) is 9.98. The van der Waals surface area contributed by atoms with Gasteiger partial charge in [0, 0.05) is 18.4 Å². The minimum atomic E-state index is -0.00168. The number of aryl methyl sites for hydroxylation is 2. The molecule has 0 aliphatic carbocycles. The number of carbonyl (C=O) groups excluding carboxylic acids is 1. The highest BCUT2D eigenvalue weighted by atomic mass is 16.3. The fraction of sp³-hybridized carbons (Fsp3) is 0.364. The quantitative estimate of drug-likeness (QED) is 0.700. The first-order valence-corrected chi connectivity index (χ1v) is 9.77. The maximum atomic E-state index is 12.8. The number of hydrogen-bond donors (Lipinski definition) is 2. The van der Waals surface area contributed by atoms with E-state index >= 15 is 0 Å². The van der Waals surface area contributed by atoms with Crippen molar-refractivity contribution in [2.75, 3.05) is 18.4 Å². The number of benzene rings is 1. The Labute approximate surface area is 164 Å². The first-order valence-electron chi connectivity index (χ1n) is 9.77. The summed E-state index contributed by atoms with van der Waals surface area (Å²) in [4.78, 5) is 15.1. The van der Waals surface area contributed by atoms with Crippen molar-refractivity contribution in [2.45, 2.75) is 33.2 Å². The van der Waals surface area contributed by atoms with Crippen molar-refractivity contribution in [3.05, 3.63) is 59.7 Å². The molecular formula is C22H26N4O2. The molecule has 3 aromatic rings. The van der Waals surface area contributed by atoms with Crippen LogP contribution in [-0.4, -0.2) is 34.1 Å². The van der Waals surface area contributed by atoms with Crippen molar-refractivity contribution in [3.63, 3.8) is 0 Å². The normalized spacial score (nSPS) is 17.6. The number of aromatic amines is 1. The Morgan fingerprint density at radius 2 is 2.11 bits per heavy atom. The van der Waals surface area contributed by atoms with Gasteiger partial charge in [-0.25, -0.2) is 0 Å². The van der Waals surface area contributed by atoms with Gasteiger partial charge in [-0.1, -0.05) is 12.1 Å². The number of rotatable bonds is 5. The van der Waals surface area contributed by atoms with Gasteiger partial charge in [0.05, 0.1) is 18.2 Å². The van der Waals surface area contributed by atoms with Crippen molar-refractivity contribution in [2.24, 2.45) is 5.92 Å². The lowest BCUT2D eigenvalue weighted by atomic mass is 9.97. The van der Waals surface area contributed by atoms with Gasteiger partial charge >= 0.3 is 0 Å².